The van der Waals surface area contributed by atoms with Gasteiger partial charge >= 0.3 is 0 Å². The van der Waals surface area contributed by atoms with Gasteiger partial charge in [0.1, 0.15) is 5.01 Å². The lowest BCUT2D eigenvalue weighted by atomic mass is 10.1. The number of nitrogens with zero attached hydrogens (tertiary/aromatic N) is 1. The summed E-state index contributed by atoms with van der Waals surface area (Å²) in [6.07, 6.45) is 0. The molecule has 0 spiro atoms. The number of halogens is 1. The first-order chi connectivity index (χ1) is 8.24. The fourth-order valence-electron chi connectivity index (χ4n) is 1.87. The molecule has 0 saturated heterocycles. The zero-order valence-electron chi connectivity index (χ0n) is 9.88. The van der Waals surface area contributed by atoms with Crippen LogP contribution in [-0.4, -0.2) is 4.98 Å². The summed E-state index contributed by atoms with van der Waals surface area (Å²) in [4.78, 5) is 4.64. The molecule has 0 atom stereocenters. The van der Waals surface area contributed by atoms with Crippen LogP contribution in [0.1, 0.15) is 5.56 Å². The highest BCUT2D eigenvalue weighted by Gasteiger charge is 2.07. The second-order valence-corrected chi connectivity index (χ2v) is 5.09. The van der Waals surface area contributed by atoms with Gasteiger partial charge in [0.15, 0.2) is 0 Å². The Morgan fingerprint density at radius 2 is 1.89 bits per heavy atom. The SMILES string of the molecule is Cc1ccccc1-c1nc2cc(N)ccc2s1.Cl. The number of anilines is 1. The molecule has 0 fully saturated rings. The molecule has 1 aromatic heterocycles. The molecule has 92 valence electrons. The number of thiazole rings is 1. The molecule has 0 unspecified atom stereocenters. The highest BCUT2D eigenvalue weighted by Crippen LogP contribution is 2.32. The molecule has 2 aromatic carbocycles. The number of aromatic nitrogens is 1. The van der Waals surface area contributed by atoms with Crippen LogP contribution in [0.4, 0.5) is 5.69 Å². The summed E-state index contributed by atoms with van der Waals surface area (Å²) in [5.74, 6) is 0. The molecule has 3 aromatic rings. The molecule has 0 saturated carbocycles. The Balaban J connectivity index is 0.00000120. The molecular weight excluding hydrogens is 264 g/mol. The third kappa shape index (κ3) is 2.19. The van der Waals surface area contributed by atoms with Crippen molar-refractivity contribution >= 4 is 39.6 Å². The normalized spacial score (nSPS) is 10.3. The average Bonchev–Trinajstić information content (AvgIpc) is 2.72. The van der Waals surface area contributed by atoms with Crippen LogP contribution in [0.15, 0.2) is 42.5 Å². The smallest absolute Gasteiger partial charge is 0.124 e. The topological polar surface area (TPSA) is 38.9 Å². The number of rotatable bonds is 1. The van der Waals surface area contributed by atoms with Crippen molar-refractivity contribution in [3.63, 3.8) is 0 Å². The number of hydrogen-bond acceptors (Lipinski definition) is 3. The van der Waals surface area contributed by atoms with E-state index in [1.807, 2.05) is 30.3 Å². The summed E-state index contributed by atoms with van der Waals surface area (Å²) < 4.78 is 1.18. The summed E-state index contributed by atoms with van der Waals surface area (Å²) >= 11 is 1.71. The lowest BCUT2D eigenvalue weighted by molar-refractivity contribution is 1.41. The molecule has 0 aliphatic heterocycles. The summed E-state index contributed by atoms with van der Waals surface area (Å²) in [5.41, 5.74) is 9.96. The monoisotopic (exact) mass is 276 g/mol. The first kappa shape index (κ1) is 12.9. The van der Waals surface area contributed by atoms with Crippen LogP contribution in [-0.2, 0) is 0 Å². The molecule has 3 rings (SSSR count). The van der Waals surface area contributed by atoms with Gasteiger partial charge in [0.2, 0.25) is 0 Å². The Hall–Kier alpha value is -1.58. The van der Waals surface area contributed by atoms with E-state index in [1.165, 1.54) is 15.8 Å². The van der Waals surface area contributed by atoms with Crippen molar-refractivity contribution in [1.29, 1.82) is 0 Å². The number of benzene rings is 2. The highest BCUT2D eigenvalue weighted by molar-refractivity contribution is 7.21. The zero-order valence-corrected chi connectivity index (χ0v) is 11.5. The van der Waals surface area contributed by atoms with Crippen LogP contribution in [0.25, 0.3) is 20.8 Å². The van der Waals surface area contributed by atoms with Gasteiger partial charge in [-0.25, -0.2) is 4.98 Å². The Labute approximate surface area is 116 Å². The Bertz CT molecular complexity index is 691. The Kier molecular flexibility index (Phi) is 3.55. The van der Waals surface area contributed by atoms with E-state index < -0.39 is 0 Å². The molecule has 0 aliphatic rings. The van der Waals surface area contributed by atoms with E-state index in [4.69, 9.17) is 5.73 Å². The van der Waals surface area contributed by atoms with Crippen LogP contribution >= 0.6 is 23.7 Å². The lowest BCUT2D eigenvalue weighted by Crippen LogP contribution is -1.83. The maximum atomic E-state index is 5.77. The van der Waals surface area contributed by atoms with E-state index in [-0.39, 0.29) is 12.4 Å². The maximum absolute atomic E-state index is 5.77. The zero-order chi connectivity index (χ0) is 11.8. The third-order valence-corrected chi connectivity index (χ3v) is 3.86. The highest BCUT2D eigenvalue weighted by atomic mass is 35.5. The molecule has 18 heavy (non-hydrogen) atoms. The molecule has 2 N–H and O–H groups in total. The molecular formula is C14H13ClN2S. The minimum atomic E-state index is 0. The minimum Gasteiger partial charge on any atom is -0.399 e. The van der Waals surface area contributed by atoms with E-state index in [2.05, 4.69) is 24.0 Å². The number of hydrogen-bond donors (Lipinski definition) is 1. The lowest BCUT2D eigenvalue weighted by Gasteiger charge is -1.99. The van der Waals surface area contributed by atoms with E-state index in [0.717, 1.165) is 16.2 Å². The summed E-state index contributed by atoms with van der Waals surface area (Å²) in [7, 11) is 0. The maximum Gasteiger partial charge on any atom is 0.124 e. The molecule has 0 bridgehead atoms. The van der Waals surface area contributed by atoms with Crippen molar-refractivity contribution in [2.45, 2.75) is 6.92 Å². The summed E-state index contributed by atoms with van der Waals surface area (Å²) in [6, 6.07) is 14.2. The van der Waals surface area contributed by atoms with E-state index in [1.54, 1.807) is 11.3 Å². The number of nitrogen functional groups attached to an aromatic ring is 1. The van der Waals surface area contributed by atoms with E-state index >= 15 is 0 Å². The van der Waals surface area contributed by atoms with Crippen molar-refractivity contribution < 1.29 is 0 Å². The van der Waals surface area contributed by atoms with Gasteiger partial charge in [-0.1, -0.05) is 24.3 Å². The molecule has 4 heteroatoms. The first-order valence-corrected chi connectivity index (χ1v) is 6.28. The predicted octanol–water partition coefficient (Wildman–Crippen LogP) is 4.28. The number of nitrogens with two attached hydrogens (primary N) is 1. The van der Waals surface area contributed by atoms with Crippen LogP contribution in [0.5, 0.6) is 0 Å². The van der Waals surface area contributed by atoms with Crippen molar-refractivity contribution in [3.05, 3.63) is 48.0 Å². The third-order valence-electron chi connectivity index (χ3n) is 2.79. The van der Waals surface area contributed by atoms with E-state index in [0.29, 0.717) is 0 Å². The molecule has 0 aliphatic carbocycles. The van der Waals surface area contributed by atoms with Crippen LogP contribution in [0, 0.1) is 6.92 Å². The van der Waals surface area contributed by atoms with Gasteiger partial charge < -0.3 is 5.73 Å². The van der Waals surface area contributed by atoms with Crippen LogP contribution in [0.3, 0.4) is 0 Å². The van der Waals surface area contributed by atoms with Gasteiger partial charge in [0.05, 0.1) is 10.2 Å². The summed E-state index contributed by atoms with van der Waals surface area (Å²) in [5, 5.41) is 1.06. The van der Waals surface area contributed by atoms with Crippen molar-refractivity contribution in [3.8, 4) is 10.6 Å². The van der Waals surface area contributed by atoms with Gasteiger partial charge in [-0.05, 0) is 30.7 Å². The molecule has 1 heterocycles. The fraction of sp³-hybridized carbons (Fsp3) is 0.0714. The minimum absolute atomic E-state index is 0. The molecule has 2 nitrogen and oxygen atoms in total. The molecule has 0 radical (unpaired) electrons. The standard InChI is InChI=1S/C14H12N2S.ClH/c1-9-4-2-3-5-11(9)14-16-12-8-10(15)6-7-13(12)17-14;/h2-8H,15H2,1H3;1H. The van der Waals surface area contributed by atoms with Crippen LogP contribution < -0.4 is 5.73 Å². The number of aryl methyl sites for hydroxylation is 1. The first-order valence-electron chi connectivity index (χ1n) is 5.46. The number of fused-ring (bicyclic) bond motifs is 1. The van der Waals surface area contributed by atoms with Crippen molar-refractivity contribution in [2.24, 2.45) is 0 Å². The van der Waals surface area contributed by atoms with Gasteiger partial charge in [0, 0.05) is 11.3 Å². The summed E-state index contributed by atoms with van der Waals surface area (Å²) in [6.45, 7) is 2.11. The van der Waals surface area contributed by atoms with Gasteiger partial charge in [-0.3, -0.25) is 0 Å². The average molecular weight is 277 g/mol. The van der Waals surface area contributed by atoms with Gasteiger partial charge in [-0.15, -0.1) is 23.7 Å². The Morgan fingerprint density at radius 3 is 2.67 bits per heavy atom. The van der Waals surface area contributed by atoms with Crippen LogP contribution in [0.2, 0.25) is 0 Å². The van der Waals surface area contributed by atoms with Gasteiger partial charge in [-0.2, -0.15) is 0 Å². The second kappa shape index (κ2) is 4.96. The largest absolute Gasteiger partial charge is 0.399 e. The van der Waals surface area contributed by atoms with Crippen molar-refractivity contribution in [2.75, 3.05) is 5.73 Å². The van der Waals surface area contributed by atoms with Crippen molar-refractivity contribution in [1.82, 2.24) is 4.98 Å². The fourth-order valence-corrected chi connectivity index (χ4v) is 2.91. The van der Waals surface area contributed by atoms with E-state index in [9.17, 15) is 0 Å². The quantitative estimate of drug-likeness (QED) is 0.674. The molecule has 0 amide bonds. The Morgan fingerprint density at radius 1 is 1.11 bits per heavy atom. The van der Waals surface area contributed by atoms with Gasteiger partial charge in [0.25, 0.3) is 0 Å². The second-order valence-electron chi connectivity index (χ2n) is 4.06. The predicted molar refractivity (Wildman–Crippen MR) is 81.5 cm³/mol.